The summed E-state index contributed by atoms with van der Waals surface area (Å²) in [5, 5.41) is 20.2. The fraction of sp³-hybridized carbons (Fsp3) is 0.214. The molecular weight excluding hydrogens is 420 g/mol. The molecule has 2 rings (SSSR count). The fourth-order valence-corrected chi connectivity index (χ4v) is 3.41. The van der Waals surface area contributed by atoms with E-state index in [1.807, 2.05) is 0 Å². The number of carbonyl (C=O) groups excluding carboxylic acids is 3. The molecule has 11 heteroatoms. The molecule has 1 atom stereocenters. The number of aromatic hydroxyl groups is 1. The van der Waals surface area contributed by atoms with Crippen molar-refractivity contribution < 1.29 is 29.2 Å². The zero-order valence-corrected chi connectivity index (χ0v) is 15.3. The number of halogens is 1. The first-order valence-corrected chi connectivity index (χ1v) is 8.30. The highest BCUT2D eigenvalue weighted by atomic mass is 79.9. The number of methoxy groups -OCH3 is 1. The molecule has 1 heterocycles. The van der Waals surface area contributed by atoms with Gasteiger partial charge in [0.1, 0.15) is 11.8 Å². The third kappa shape index (κ3) is 3.66. The highest BCUT2D eigenvalue weighted by molar-refractivity contribution is 9.10. The number of nitro benzene ring substituents is 1. The van der Waals surface area contributed by atoms with Crippen molar-refractivity contribution in [3.05, 3.63) is 37.2 Å². The summed E-state index contributed by atoms with van der Waals surface area (Å²) in [6, 6.07) is 1.06. The van der Waals surface area contributed by atoms with Gasteiger partial charge in [-0.25, -0.2) is 4.79 Å². The van der Waals surface area contributed by atoms with E-state index < -0.39 is 28.1 Å². The van der Waals surface area contributed by atoms with Gasteiger partial charge in [0.2, 0.25) is 0 Å². The van der Waals surface area contributed by atoms with E-state index in [1.165, 1.54) is 6.92 Å². The largest absolute Gasteiger partial charge is 0.506 e. The van der Waals surface area contributed by atoms with E-state index >= 15 is 0 Å². The third-order valence-corrected chi connectivity index (χ3v) is 4.82. The Morgan fingerprint density at radius 1 is 1.48 bits per heavy atom. The molecular formula is C14H11BrN2O7S. The summed E-state index contributed by atoms with van der Waals surface area (Å²) in [4.78, 5) is 46.9. The van der Waals surface area contributed by atoms with E-state index in [4.69, 9.17) is 0 Å². The van der Waals surface area contributed by atoms with Gasteiger partial charge in [-0.3, -0.25) is 24.6 Å². The second-order valence-corrected chi connectivity index (χ2v) is 6.72. The number of nitro groups is 1. The Balaban J connectivity index is 2.43. The van der Waals surface area contributed by atoms with E-state index in [2.05, 4.69) is 20.7 Å². The number of esters is 1. The van der Waals surface area contributed by atoms with Crippen LogP contribution in [-0.4, -0.2) is 45.2 Å². The molecule has 2 amide bonds. The molecule has 1 saturated heterocycles. The van der Waals surface area contributed by atoms with E-state index in [0.717, 1.165) is 30.2 Å². The number of amides is 2. The summed E-state index contributed by atoms with van der Waals surface area (Å²) >= 11 is 3.55. The molecule has 1 aliphatic rings. The number of thioether (sulfide) groups is 1. The van der Waals surface area contributed by atoms with Gasteiger partial charge in [0.15, 0.2) is 0 Å². The molecule has 1 aliphatic heterocycles. The summed E-state index contributed by atoms with van der Waals surface area (Å²) in [5.41, 5.74) is -0.324. The van der Waals surface area contributed by atoms with Crippen molar-refractivity contribution >= 4 is 56.6 Å². The van der Waals surface area contributed by atoms with Crippen LogP contribution in [0.5, 0.6) is 5.75 Å². The minimum absolute atomic E-state index is 0.0164. The number of benzene rings is 1. The fourth-order valence-electron chi connectivity index (χ4n) is 2.05. The first-order chi connectivity index (χ1) is 11.7. The Labute approximate surface area is 153 Å². The van der Waals surface area contributed by atoms with Crippen LogP contribution in [0.15, 0.2) is 21.5 Å². The van der Waals surface area contributed by atoms with Gasteiger partial charge < -0.3 is 9.84 Å². The van der Waals surface area contributed by atoms with Gasteiger partial charge in [-0.2, -0.15) is 0 Å². The van der Waals surface area contributed by atoms with Crippen LogP contribution in [0.4, 0.5) is 10.5 Å². The van der Waals surface area contributed by atoms with Gasteiger partial charge in [-0.1, -0.05) is 0 Å². The summed E-state index contributed by atoms with van der Waals surface area (Å²) in [5.74, 6) is -1.84. The van der Waals surface area contributed by atoms with Crippen LogP contribution >= 0.6 is 27.7 Å². The first kappa shape index (κ1) is 18.9. The van der Waals surface area contributed by atoms with E-state index in [9.17, 15) is 29.6 Å². The molecule has 0 saturated carbocycles. The molecule has 1 N–H and O–H groups in total. The van der Waals surface area contributed by atoms with Crippen molar-refractivity contribution in [3.63, 3.8) is 0 Å². The predicted octanol–water partition coefficient (Wildman–Crippen LogP) is 2.66. The lowest BCUT2D eigenvalue weighted by Gasteiger charge is -2.18. The van der Waals surface area contributed by atoms with E-state index in [1.54, 1.807) is 0 Å². The zero-order valence-electron chi connectivity index (χ0n) is 12.9. The summed E-state index contributed by atoms with van der Waals surface area (Å²) in [6.07, 6.45) is 1.15. The van der Waals surface area contributed by atoms with E-state index in [0.29, 0.717) is 11.8 Å². The molecule has 1 fully saturated rings. The Morgan fingerprint density at radius 3 is 2.68 bits per heavy atom. The van der Waals surface area contributed by atoms with Crippen molar-refractivity contribution in [3.8, 4) is 5.75 Å². The molecule has 0 radical (unpaired) electrons. The Morgan fingerprint density at radius 2 is 2.12 bits per heavy atom. The molecule has 1 aromatic carbocycles. The average molecular weight is 431 g/mol. The van der Waals surface area contributed by atoms with Gasteiger partial charge in [0, 0.05) is 17.7 Å². The monoisotopic (exact) mass is 430 g/mol. The molecule has 1 aromatic rings. The van der Waals surface area contributed by atoms with Crippen LogP contribution in [0.3, 0.4) is 0 Å². The van der Waals surface area contributed by atoms with Crippen LogP contribution in [0.25, 0.3) is 6.08 Å². The Kier molecular flexibility index (Phi) is 5.48. The number of nitrogens with zero attached hydrogens (tertiary/aromatic N) is 2. The lowest BCUT2D eigenvalue weighted by molar-refractivity contribution is -0.385. The lowest BCUT2D eigenvalue weighted by Crippen LogP contribution is -2.42. The number of non-ortho nitro benzene ring substituents is 1. The van der Waals surface area contributed by atoms with Crippen LogP contribution in [0.1, 0.15) is 12.5 Å². The molecule has 0 bridgehead atoms. The summed E-state index contributed by atoms with van der Waals surface area (Å²) in [6.45, 7) is 1.34. The quantitative estimate of drug-likeness (QED) is 0.334. The number of hydrogen-bond acceptors (Lipinski definition) is 8. The number of hydrogen-bond donors (Lipinski definition) is 1. The minimum Gasteiger partial charge on any atom is -0.506 e. The van der Waals surface area contributed by atoms with Crippen molar-refractivity contribution in [1.82, 2.24) is 4.90 Å². The summed E-state index contributed by atoms with van der Waals surface area (Å²) < 4.78 is 4.58. The van der Waals surface area contributed by atoms with Gasteiger partial charge in [-0.05, 0) is 40.7 Å². The van der Waals surface area contributed by atoms with Crippen LogP contribution in [0.2, 0.25) is 0 Å². The second kappa shape index (κ2) is 7.23. The maximum atomic E-state index is 12.4. The molecule has 0 unspecified atom stereocenters. The second-order valence-electron chi connectivity index (χ2n) is 4.87. The lowest BCUT2D eigenvalue weighted by atomic mass is 10.1. The maximum Gasteiger partial charge on any atom is 0.328 e. The van der Waals surface area contributed by atoms with Crippen LogP contribution in [0, 0.1) is 10.1 Å². The maximum absolute atomic E-state index is 12.4. The number of phenols is 1. The normalized spacial score (nSPS) is 17.1. The van der Waals surface area contributed by atoms with E-state index in [-0.39, 0.29) is 26.4 Å². The topological polar surface area (TPSA) is 127 Å². The average Bonchev–Trinajstić information content (AvgIpc) is 2.83. The number of phenolic OH excluding ortho intramolecular Hbond substituents is 1. The smallest absolute Gasteiger partial charge is 0.328 e. The van der Waals surface area contributed by atoms with Gasteiger partial charge in [-0.15, -0.1) is 0 Å². The summed E-state index contributed by atoms with van der Waals surface area (Å²) in [7, 11) is 1.13. The molecule has 0 aromatic heterocycles. The van der Waals surface area contributed by atoms with Gasteiger partial charge in [0.05, 0.1) is 21.4 Å². The highest BCUT2D eigenvalue weighted by Gasteiger charge is 2.41. The van der Waals surface area contributed by atoms with Crippen LogP contribution < -0.4 is 0 Å². The minimum atomic E-state index is -1.12. The number of ether oxygens (including phenoxy) is 1. The number of carbonyl (C=O) groups is 3. The van der Waals surface area contributed by atoms with Gasteiger partial charge in [0.25, 0.3) is 16.8 Å². The Bertz CT molecular complexity index is 824. The van der Waals surface area contributed by atoms with Crippen molar-refractivity contribution in [2.45, 2.75) is 13.0 Å². The van der Waals surface area contributed by atoms with Crippen molar-refractivity contribution in [1.29, 1.82) is 0 Å². The number of imide groups is 1. The standard InChI is InChI=1S/C14H11BrN2O7S/c1-6(13(20)24-2)16-12(19)10(25-14(16)21)4-7-3-8(17(22)23)5-9(15)11(7)18/h3-6,18H,1-2H3/b10-4+/t6-/m1/s1. The predicted molar refractivity (Wildman–Crippen MR) is 91.7 cm³/mol. The molecule has 0 spiro atoms. The van der Waals surface area contributed by atoms with Crippen molar-refractivity contribution in [2.75, 3.05) is 7.11 Å². The molecule has 0 aliphatic carbocycles. The molecule has 132 valence electrons. The highest BCUT2D eigenvalue weighted by Crippen LogP contribution is 2.38. The van der Waals surface area contributed by atoms with Gasteiger partial charge >= 0.3 is 5.97 Å². The molecule has 9 nitrogen and oxygen atoms in total. The SMILES string of the molecule is COC(=O)[C@@H](C)N1C(=O)S/C(=C/c2cc([N+](=O)[O-])cc(Br)c2O)C1=O. The number of rotatable bonds is 4. The van der Waals surface area contributed by atoms with Crippen LogP contribution in [-0.2, 0) is 14.3 Å². The molecule has 25 heavy (non-hydrogen) atoms. The van der Waals surface area contributed by atoms with Crippen molar-refractivity contribution in [2.24, 2.45) is 0 Å². The Hall–Kier alpha value is -2.40. The zero-order chi connectivity index (χ0) is 18.9. The third-order valence-electron chi connectivity index (χ3n) is 3.33. The first-order valence-electron chi connectivity index (χ1n) is 6.69.